The molecular formula is C50H84FN3O16S. The first-order valence-corrected chi connectivity index (χ1v) is 26.6. The van der Waals surface area contributed by atoms with E-state index >= 15 is 0 Å². The number of methoxy groups -OCH3 is 2. The quantitative estimate of drug-likeness (QED) is 0.117. The Bertz CT molecular complexity index is 2040. The number of halogens is 1. The van der Waals surface area contributed by atoms with Crippen LogP contribution in [-0.2, 0) is 52.6 Å². The van der Waals surface area contributed by atoms with Gasteiger partial charge in [0.2, 0.25) is 5.91 Å². The van der Waals surface area contributed by atoms with Gasteiger partial charge < -0.3 is 74.3 Å². The number of nitrogens with zero attached hydrogens (tertiary/aromatic N) is 1. The highest BCUT2D eigenvalue weighted by Crippen LogP contribution is 2.42. The topological polar surface area (TPSA) is 273 Å². The van der Waals surface area contributed by atoms with Gasteiger partial charge in [0.15, 0.2) is 22.4 Å². The van der Waals surface area contributed by atoms with Gasteiger partial charge in [0.1, 0.15) is 36.7 Å². The summed E-state index contributed by atoms with van der Waals surface area (Å²) in [6, 6.07) is 3.33. The molecule has 7 N–H and O–H groups in total. The van der Waals surface area contributed by atoms with Gasteiger partial charge in [-0.05, 0) is 91.5 Å². The van der Waals surface area contributed by atoms with Gasteiger partial charge in [0.25, 0.3) is 0 Å². The molecule has 4 rings (SSSR count). The number of aliphatic hydroxyl groups excluding tert-OH is 4. The highest BCUT2D eigenvalue weighted by molar-refractivity contribution is 7.90. The van der Waals surface area contributed by atoms with Crippen molar-refractivity contribution >= 4 is 27.4 Å². The summed E-state index contributed by atoms with van der Waals surface area (Å²) in [6.45, 7) is 15.9. The van der Waals surface area contributed by atoms with Crippen LogP contribution >= 0.6 is 0 Å². The van der Waals surface area contributed by atoms with Crippen LogP contribution in [-0.4, -0.2) is 187 Å². The zero-order valence-electron chi connectivity index (χ0n) is 44.0. The molecule has 0 aliphatic carbocycles. The lowest BCUT2D eigenvalue weighted by molar-refractivity contribution is -0.319. The number of likely N-dealkylation sites (N-methyl/N-ethyl adjacent to an activating group) is 1. The molecule has 19 nitrogen and oxygen atoms in total. The second-order valence-corrected chi connectivity index (χ2v) is 23.1. The van der Waals surface area contributed by atoms with Crippen LogP contribution in [0.1, 0.15) is 113 Å². The fraction of sp³-hybridized carbons (Fsp3) is 0.820. The highest BCUT2D eigenvalue weighted by atomic mass is 32.2. The second-order valence-electron chi connectivity index (χ2n) is 21.1. The Morgan fingerprint density at radius 2 is 1.56 bits per heavy atom. The number of hydrogen-bond donors (Lipinski definition) is 7. The van der Waals surface area contributed by atoms with Gasteiger partial charge in [0.05, 0.1) is 58.6 Å². The number of ether oxygens (including phenoxy) is 7. The SMILES string of the molecule is CC[C@H]1OC(=O)[C@H](C)[C@@H](O[C@H]2C[C@@](C)(OC)[C@@H](O)[C@H](C)O2)[C@H](C)[C@@H](O[C@@H]2O[C@H](C)C[C@H](N(C)CCC(=O)N[C@H](CF)[C@H](O)c3ccc(S(C)(=O)=O)cc3)[C@H]2O)[C@](C)(OC)C[C@@H](C)C(=N)[C@H](C)[C@@H](O)[C@]1(C)O. The summed E-state index contributed by atoms with van der Waals surface area (Å²) in [6.07, 6.45) is -10.9. The molecule has 3 heterocycles. The van der Waals surface area contributed by atoms with E-state index in [4.69, 9.17) is 33.2 Å². The molecule has 1 amide bonds. The first-order chi connectivity index (χ1) is 32.9. The number of cyclic esters (lactones) is 1. The van der Waals surface area contributed by atoms with Crippen molar-refractivity contribution < 1.29 is 81.1 Å². The van der Waals surface area contributed by atoms with E-state index in [9.17, 15) is 53.3 Å². The van der Waals surface area contributed by atoms with E-state index < -0.39 is 148 Å². The predicted octanol–water partition coefficient (Wildman–Crippen LogP) is 3.24. The normalized spacial score (nSPS) is 40.1. The minimum atomic E-state index is -3.51. The summed E-state index contributed by atoms with van der Waals surface area (Å²) in [4.78, 5) is 29.5. The predicted molar refractivity (Wildman–Crippen MR) is 260 cm³/mol. The Morgan fingerprint density at radius 3 is 2.11 bits per heavy atom. The molecule has 0 radical (unpaired) electrons. The van der Waals surface area contributed by atoms with Gasteiger partial charge in [-0.2, -0.15) is 0 Å². The summed E-state index contributed by atoms with van der Waals surface area (Å²) in [7, 11) is 1.15. The zero-order chi connectivity index (χ0) is 53.7. The Balaban J connectivity index is 1.68. The number of nitrogens with one attached hydrogen (secondary N) is 2. The van der Waals surface area contributed by atoms with E-state index in [2.05, 4.69) is 5.32 Å². The first-order valence-electron chi connectivity index (χ1n) is 24.7. The third-order valence-electron chi connectivity index (χ3n) is 15.5. The molecule has 1 aromatic carbocycles. The summed E-state index contributed by atoms with van der Waals surface area (Å²) >= 11 is 0. The van der Waals surface area contributed by atoms with E-state index in [1.807, 2.05) is 0 Å². The third kappa shape index (κ3) is 14.1. The fourth-order valence-electron chi connectivity index (χ4n) is 10.6. The zero-order valence-corrected chi connectivity index (χ0v) is 44.9. The lowest BCUT2D eigenvalue weighted by Gasteiger charge is -2.50. The number of sulfone groups is 1. The van der Waals surface area contributed by atoms with Gasteiger partial charge in [-0.1, -0.05) is 39.8 Å². The van der Waals surface area contributed by atoms with Crippen molar-refractivity contribution in [3.63, 3.8) is 0 Å². The molecule has 408 valence electrons. The Kier molecular flexibility index (Phi) is 21.2. The lowest BCUT2D eigenvalue weighted by Crippen LogP contribution is -2.61. The second kappa shape index (κ2) is 24.7. The molecule has 3 fully saturated rings. The fourth-order valence-corrected chi connectivity index (χ4v) is 11.2. The number of aliphatic hydroxyl groups is 5. The van der Waals surface area contributed by atoms with Gasteiger partial charge in [-0.3, -0.25) is 9.59 Å². The largest absolute Gasteiger partial charge is 0.459 e. The van der Waals surface area contributed by atoms with Gasteiger partial charge in [-0.25, -0.2) is 12.8 Å². The number of rotatable bonds is 16. The molecule has 0 saturated carbocycles. The smallest absolute Gasteiger partial charge is 0.311 e. The highest BCUT2D eigenvalue weighted by Gasteiger charge is 2.54. The van der Waals surface area contributed by atoms with Gasteiger partial charge >= 0.3 is 5.97 Å². The van der Waals surface area contributed by atoms with Crippen LogP contribution in [0.3, 0.4) is 0 Å². The third-order valence-corrected chi connectivity index (χ3v) is 16.6. The number of esters is 1. The molecule has 3 saturated heterocycles. The summed E-state index contributed by atoms with van der Waals surface area (Å²) in [5, 5.41) is 69.5. The van der Waals surface area contributed by atoms with E-state index in [0.29, 0.717) is 6.42 Å². The molecule has 0 bridgehead atoms. The minimum Gasteiger partial charge on any atom is -0.459 e. The molecular weight excluding hydrogens is 950 g/mol. The van der Waals surface area contributed by atoms with Crippen LogP contribution in [0.15, 0.2) is 29.2 Å². The maximum absolute atomic E-state index is 14.4. The average Bonchev–Trinajstić information content (AvgIpc) is 3.32. The Hall–Kier alpha value is -2.77. The van der Waals surface area contributed by atoms with Crippen LogP contribution in [0.4, 0.5) is 4.39 Å². The molecule has 21 heteroatoms. The first kappa shape index (κ1) is 60.8. The van der Waals surface area contributed by atoms with Crippen molar-refractivity contribution in [1.29, 1.82) is 5.41 Å². The molecule has 3 aliphatic rings. The van der Waals surface area contributed by atoms with E-state index in [0.717, 1.165) is 6.26 Å². The van der Waals surface area contributed by atoms with E-state index in [1.54, 1.807) is 74.3 Å². The van der Waals surface area contributed by atoms with Crippen molar-refractivity contribution in [1.82, 2.24) is 10.2 Å². The van der Waals surface area contributed by atoms with Crippen molar-refractivity contribution in [2.75, 3.05) is 40.7 Å². The number of alkyl halides is 1. The number of benzene rings is 1. The van der Waals surface area contributed by atoms with Crippen LogP contribution < -0.4 is 5.32 Å². The van der Waals surface area contributed by atoms with Crippen LogP contribution in [0.5, 0.6) is 0 Å². The lowest BCUT2D eigenvalue weighted by atomic mass is 9.73. The summed E-state index contributed by atoms with van der Waals surface area (Å²) in [5.41, 5.74) is -4.10. The molecule has 20 atom stereocenters. The molecule has 0 unspecified atom stereocenters. The van der Waals surface area contributed by atoms with Gasteiger partial charge in [0, 0.05) is 63.5 Å². The molecule has 71 heavy (non-hydrogen) atoms. The molecule has 0 aromatic heterocycles. The number of hydrogen-bond acceptors (Lipinski definition) is 18. The monoisotopic (exact) mass is 1030 g/mol. The standard InChI is InChI=1S/C50H84FN3O16S/c1-15-36-50(10,61)43(58)28(4)39(52)26(2)23-49(9,65-13)45(29(5)42(30(6)46(60)68-36)69-38-24-48(8,64-12)44(59)31(7)67-38)70-47-41(57)35(22-27(3)66-47)54(11)21-20-37(55)53-34(25-51)40(56)32-16-18-33(19-17-32)71(14,62)63/h16-19,26-31,34-36,38,40-45,47,52,56-59,61H,15,20-25H2,1-14H3,(H,53,55)/t26-,27-,28+,29+,30-,31+,34-,35+,36-,38+,40-,41-,42+,43-,44+,45-,47+,48-,49-,50-/m1/s1. The van der Waals surface area contributed by atoms with Crippen molar-refractivity contribution in [3.8, 4) is 0 Å². The van der Waals surface area contributed by atoms with Crippen LogP contribution in [0.2, 0.25) is 0 Å². The van der Waals surface area contributed by atoms with Crippen LogP contribution in [0, 0.1) is 29.1 Å². The molecule has 3 aliphatic heterocycles. The minimum absolute atomic E-state index is 0.0226. The van der Waals surface area contributed by atoms with Crippen molar-refractivity contribution in [2.24, 2.45) is 23.7 Å². The number of carbonyl (C=O) groups excluding carboxylic acids is 2. The van der Waals surface area contributed by atoms with Crippen molar-refractivity contribution in [3.05, 3.63) is 29.8 Å². The Morgan fingerprint density at radius 1 is 0.958 bits per heavy atom. The molecule has 0 spiro atoms. The summed E-state index contributed by atoms with van der Waals surface area (Å²) < 4.78 is 82.6. The van der Waals surface area contributed by atoms with E-state index in [-0.39, 0.29) is 48.4 Å². The maximum atomic E-state index is 14.4. The van der Waals surface area contributed by atoms with Gasteiger partial charge in [-0.15, -0.1) is 0 Å². The van der Waals surface area contributed by atoms with Crippen LogP contribution in [0.25, 0.3) is 0 Å². The molecule has 1 aromatic rings. The Labute approximate surface area is 419 Å². The number of carbonyl (C=O) groups is 2. The van der Waals surface area contributed by atoms with E-state index in [1.165, 1.54) is 45.4 Å². The number of amides is 1. The summed E-state index contributed by atoms with van der Waals surface area (Å²) in [5.74, 6) is -4.77. The van der Waals surface area contributed by atoms with Crippen molar-refractivity contribution in [2.45, 2.75) is 203 Å². The average molecular weight is 1030 g/mol. The maximum Gasteiger partial charge on any atom is 0.311 e.